The van der Waals surface area contributed by atoms with Crippen LogP contribution in [-0.4, -0.2) is 14.1 Å². The summed E-state index contributed by atoms with van der Waals surface area (Å²) >= 11 is 3.57. The summed E-state index contributed by atoms with van der Waals surface area (Å²) in [4.78, 5) is 4.72. The Balaban J connectivity index is 2.10. The van der Waals surface area contributed by atoms with E-state index in [-0.39, 0.29) is 0 Å². The average Bonchev–Trinajstić information content (AvgIpc) is 3.05. The summed E-state index contributed by atoms with van der Waals surface area (Å²) in [6.07, 6.45) is 2.10. The third-order valence-electron chi connectivity index (χ3n) is 4.04. The molecule has 0 saturated heterocycles. The van der Waals surface area contributed by atoms with E-state index >= 15 is 0 Å². The zero-order valence-corrected chi connectivity index (χ0v) is 14.1. The van der Waals surface area contributed by atoms with Crippen LogP contribution in [0.1, 0.15) is 19.9 Å². The molecule has 0 unspecified atom stereocenters. The molecule has 0 bridgehead atoms. The van der Waals surface area contributed by atoms with Crippen molar-refractivity contribution in [2.75, 3.05) is 0 Å². The third kappa shape index (κ3) is 1.91. The van der Waals surface area contributed by atoms with Gasteiger partial charge in [0, 0.05) is 23.0 Å². The molecule has 0 atom stereocenters. The van der Waals surface area contributed by atoms with Gasteiger partial charge in [0.15, 0.2) is 10.6 Å². The molecule has 2 aromatic carbocycles. The van der Waals surface area contributed by atoms with Crippen LogP contribution in [0.5, 0.6) is 0 Å². The normalized spacial score (nSPS) is 11.8. The molecule has 2 heterocycles. The standard InChI is InChI=1S/C18H16BrN3/c1-12(2)21-11-17(20-18(21)19)22-15-9-5-3-7-13(15)14-8-4-6-10-16(14)22/h3-12H,1-2H3. The number of fused-ring (bicyclic) bond motifs is 3. The number of benzene rings is 2. The maximum atomic E-state index is 4.72. The molecule has 2 aromatic heterocycles. The molecule has 3 nitrogen and oxygen atoms in total. The second-order valence-electron chi connectivity index (χ2n) is 5.74. The van der Waals surface area contributed by atoms with Gasteiger partial charge < -0.3 is 4.57 Å². The van der Waals surface area contributed by atoms with Crippen LogP contribution in [0.15, 0.2) is 59.5 Å². The summed E-state index contributed by atoms with van der Waals surface area (Å²) in [5, 5.41) is 2.52. The van der Waals surface area contributed by atoms with E-state index in [1.165, 1.54) is 21.8 Å². The first-order chi connectivity index (χ1) is 10.7. The summed E-state index contributed by atoms with van der Waals surface area (Å²) in [6, 6.07) is 17.3. The lowest BCUT2D eigenvalue weighted by Crippen LogP contribution is -1.98. The first kappa shape index (κ1) is 13.6. The molecule has 22 heavy (non-hydrogen) atoms. The topological polar surface area (TPSA) is 22.8 Å². The Morgan fingerprint density at radius 1 is 0.909 bits per heavy atom. The highest BCUT2D eigenvalue weighted by molar-refractivity contribution is 9.10. The number of hydrogen-bond donors (Lipinski definition) is 0. The van der Waals surface area contributed by atoms with E-state index in [1.54, 1.807) is 0 Å². The fourth-order valence-electron chi connectivity index (χ4n) is 3.00. The molecule has 0 radical (unpaired) electrons. The Kier molecular flexibility index (Phi) is 3.08. The smallest absolute Gasteiger partial charge is 0.179 e. The minimum Gasteiger partial charge on any atom is -0.321 e. The molecule has 0 saturated carbocycles. The van der Waals surface area contributed by atoms with Crippen molar-refractivity contribution in [2.24, 2.45) is 0 Å². The summed E-state index contributed by atoms with van der Waals surface area (Å²) in [6.45, 7) is 4.31. The van der Waals surface area contributed by atoms with Gasteiger partial charge in [0.2, 0.25) is 0 Å². The van der Waals surface area contributed by atoms with Crippen LogP contribution in [-0.2, 0) is 0 Å². The summed E-state index contributed by atoms with van der Waals surface area (Å²) in [7, 11) is 0. The fourth-order valence-corrected chi connectivity index (χ4v) is 3.69. The van der Waals surface area contributed by atoms with Gasteiger partial charge in [-0.2, -0.15) is 0 Å². The second-order valence-corrected chi connectivity index (χ2v) is 6.45. The Labute approximate surface area is 137 Å². The zero-order valence-electron chi connectivity index (χ0n) is 12.5. The fraction of sp³-hybridized carbons (Fsp3) is 0.167. The number of nitrogens with zero attached hydrogens (tertiary/aromatic N) is 3. The van der Waals surface area contributed by atoms with E-state index in [9.17, 15) is 0 Å². The number of halogens is 1. The quantitative estimate of drug-likeness (QED) is 0.477. The van der Waals surface area contributed by atoms with Gasteiger partial charge in [0.1, 0.15) is 0 Å². The Bertz CT molecular complexity index is 925. The molecule has 0 N–H and O–H groups in total. The van der Waals surface area contributed by atoms with E-state index in [4.69, 9.17) is 4.98 Å². The van der Waals surface area contributed by atoms with Gasteiger partial charge in [-0.3, -0.25) is 4.57 Å². The first-order valence-electron chi connectivity index (χ1n) is 7.40. The maximum Gasteiger partial charge on any atom is 0.179 e. The Morgan fingerprint density at radius 3 is 1.95 bits per heavy atom. The molecular weight excluding hydrogens is 338 g/mol. The highest BCUT2D eigenvalue weighted by Gasteiger charge is 2.15. The monoisotopic (exact) mass is 353 g/mol. The molecule has 0 amide bonds. The van der Waals surface area contributed by atoms with Crippen molar-refractivity contribution in [1.29, 1.82) is 0 Å². The van der Waals surface area contributed by atoms with Gasteiger partial charge >= 0.3 is 0 Å². The van der Waals surface area contributed by atoms with Crippen LogP contribution in [0, 0.1) is 0 Å². The first-order valence-corrected chi connectivity index (χ1v) is 8.19. The molecule has 0 aliphatic heterocycles. The Hall–Kier alpha value is -2.07. The minimum atomic E-state index is 0.365. The van der Waals surface area contributed by atoms with E-state index in [0.29, 0.717) is 6.04 Å². The van der Waals surface area contributed by atoms with E-state index < -0.39 is 0 Å². The summed E-state index contributed by atoms with van der Waals surface area (Å²) in [5.41, 5.74) is 2.37. The Morgan fingerprint density at radius 2 is 1.45 bits per heavy atom. The molecule has 4 aromatic rings. The van der Waals surface area contributed by atoms with Crippen LogP contribution < -0.4 is 0 Å². The third-order valence-corrected chi connectivity index (χ3v) is 4.63. The van der Waals surface area contributed by atoms with E-state index in [0.717, 1.165) is 10.6 Å². The SMILES string of the molecule is CC(C)n1cc(-n2c3ccccc3c3ccccc32)nc1Br. The number of para-hydroxylation sites is 2. The van der Waals surface area contributed by atoms with Crippen molar-refractivity contribution in [3.63, 3.8) is 0 Å². The lowest BCUT2D eigenvalue weighted by molar-refractivity contribution is 0.587. The largest absolute Gasteiger partial charge is 0.321 e. The molecular formula is C18H16BrN3. The minimum absolute atomic E-state index is 0.365. The lowest BCUT2D eigenvalue weighted by atomic mass is 10.2. The van der Waals surface area contributed by atoms with Crippen molar-refractivity contribution in [2.45, 2.75) is 19.9 Å². The van der Waals surface area contributed by atoms with Crippen LogP contribution in [0.25, 0.3) is 27.6 Å². The highest BCUT2D eigenvalue weighted by Crippen LogP contribution is 2.32. The van der Waals surface area contributed by atoms with Crippen molar-refractivity contribution in [1.82, 2.24) is 14.1 Å². The van der Waals surface area contributed by atoms with Crippen LogP contribution in [0.2, 0.25) is 0 Å². The van der Waals surface area contributed by atoms with Gasteiger partial charge in [-0.05, 0) is 41.9 Å². The zero-order chi connectivity index (χ0) is 15.3. The van der Waals surface area contributed by atoms with Crippen molar-refractivity contribution in [3.8, 4) is 5.82 Å². The lowest BCUT2D eigenvalue weighted by Gasteiger charge is -2.06. The average molecular weight is 354 g/mol. The molecule has 0 spiro atoms. The second kappa shape index (κ2) is 4.99. The van der Waals surface area contributed by atoms with Gasteiger partial charge in [0.25, 0.3) is 0 Å². The molecule has 0 aliphatic carbocycles. The molecule has 4 heteroatoms. The van der Waals surface area contributed by atoms with Crippen LogP contribution >= 0.6 is 15.9 Å². The number of imidazole rings is 1. The van der Waals surface area contributed by atoms with E-state index in [1.807, 2.05) is 0 Å². The van der Waals surface area contributed by atoms with Crippen LogP contribution in [0.3, 0.4) is 0 Å². The van der Waals surface area contributed by atoms with Gasteiger partial charge in [0.05, 0.1) is 11.0 Å². The molecule has 0 aliphatic rings. The predicted molar refractivity (Wildman–Crippen MR) is 94.7 cm³/mol. The van der Waals surface area contributed by atoms with Crippen molar-refractivity contribution >= 4 is 37.7 Å². The van der Waals surface area contributed by atoms with Crippen molar-refractivity contribution in [3.05, 3.63) is 59.5 Å². The summed E-state index contributed by atoms with van der Waals surface area (Å²) < 4.78 is 5.23. The number of hydrogen-bond acceptors (Lipinski definition) is 1. The molecule has 4 rings (SSSR count). The number of aromatic nitrogens is 3. The van der Waals surface area contributed by atoms with Gasteiger partial charge in [-0.25, -0.2) is 4.98 Å². The van der Waals surface area contributed by atoms with E-state index in [2.05, 4.69) is 93.6 Å². The van der Waals surface area contributed by atoms with Gasteiger partial charge in [-0.15, -0.1) is 0 Å². The summed E-state index contributed by atoms with van der Waals surface area (Å²) in [5.74, 6) is 0.943. The maximum absolute atomic E-state index is 4.72. The highest BCUT2D eigenvalue weighted by atomic mass is 79.9. The predicted octanol–water partition coefficient (Wildman–Crippen LogP) is 5.32. The molecule has 0 fully saturated rings. The number of rotatable bonds is 2. The van der Waals surface area contributed by atoms with Gasteiger partial charge in [-0.1, -0.05) is 36.4 Å². The molecule has 110 valence electrons. The van der Waals surface area contributed by atoms with Crippen molar-refractivity contribution < 1.29 is 0 Å². The van der Waals surface area contributed by atoms with Crippen LogP contribution in [0.4, 0.5) is 0 Å².